The molecule has 0 saturated carbocycles. The maximum absolute atomic E-state index is 13.2. The van der Waals surface area contributed by atoms with Crippen LogP contribution in [-0.2, 0) is 0 Å². The monoisotopic (exact) mass is 316 g/mol. The lowest BCUT2D eigenvalue weighted by Gasteiger charge is -2.11. The molecule has 23 heavy (non-hydrogen) atoms. The summed E-state index contributed by atoms with van der Waals surface area (Å²) >= 11 is 0. The number of nitrogens with one attached hydrogen (secondary N) is 2. The molecule has 6 heteroatoms. The molecule has 2 rings (SSSR count). The number of carbonyl (C=O) groups is 2. The third-order valence-corrected chi connectivity index (χ3v) is 2.95. The van der Waals surface area contributed by atoms with Gasteiger partial charge in [-0.1, -0.05) is 18.2 Å². The molecule has 0 aliphatic rings. The van der Waals surface area contributed by atoms with Crippen LogP contribution < -0.4 is 10.6 Å². The van der Waals surface area contributed by atoms with Crippen LogP contribution in [0, 0.1) is 11.6 Å². The fourth-order valence-corrected chi connectivity index (χ4v) is 1.93. The van der Waals surface area contributed by atoms with Crippen LogP contribution in [0.4, 0.5) is 14.5 Å². The van der Waals surface area contributed by atoms with Gasteiger partial charge in [-0.3, -0.25) is 9.59 Å². The molecule has 0 spiro atoms. The van der Waals surface area contributed by atoms with E-state index in [0.717, 1.165) is 12.1 Å². The molecule has 2 N–H and O–H groups in total. The van der Waals surface area contributed by atoms with Crippen molar-refractivity contribution in [2.45, 2.75) is 0 Å². The Morgan fingerprint density at radius 2 is 1.70 bits per heavy atom. The molecule has 0 aliphatic carbocycles. The molecule has 0 unspecified atom stereocenters. The molecule has 0 saturated heterocycles. The number of hydrogen-bond acceptors (Lipinski definition) is 2. The summed E-state index contributed by atoms with van der Waals surface area (Å²) in [6.07, 6.45) is 1.52. The highest BCUT2D eigenvalue weighted by molar-refractivity contribution is 6.09. The third-order valence-electron chi connectivity index (χ3n) is 2.95. The Morgan fingerprint density at radius 1 is 1.04 bits per heavy atom. The van der Waals surface area contributed by atoms with Gasteiger partial charge in [0.25, 0.3) is 11.8 Å². The van der Waals surface area contributed by atoms with Gasteiger partial charge < -0.3 is 10.6 Å². The van der Waals surface area contributed by atoms with Gasteiger partial charge in [-0.25, -0.2) is 8.78 Å². The summed E-state index contributed by atoms with van der Waals surface area (Å²) in [5.41, 5.74) is 0.298. The van der Waals surface area contributed by atoms with Gasteiger partial charge in [0, 0.05) is 18.2 Å². The SMILES string of the molecule is C=CCNC(=O)c1ccccc1NC(=O)c1cc(F)cc(F)c1. The van der Waals surface area contributed by atoms with E-state index in [0.29, 0.717) is 6.07 Å². The molecule has 0 radical (unpaired) electrons. The first-order valence-electron chi connectivity index (χ1n) is 6.77. The van der Waals surface area contributed by atoms with Gasteiger partial charge >= 0.3 is 0 Å². The molecule has 2 aromatic carbocycles. The van der Waals surface area contributed by atoms with Gasteiger partial charge in [0.05, 0.1) is 11.3 Å². The molecule has 4 nitrogen and oxygen atoms in total. The largest absolute Gasteiger partial charge is 0.349 e. The number of rotatable bonds is 5. The van der Waals surface area contributed by atoms with Gasteiger partial charge in [-0.05, 0) is 24.3 Å². The van der Waals surface area contributed by atoms with Crippen molar-refractivity contribution in [1.82, 2.24) is 5.32 Å². The highest BCUT2D eigenvalue weighted by Crippen LogP contribution is 2.17. The Labute approximate surface area is 131 Å². The molecule has 0 aromatic heterocycles. The van der Waals surface area contributed by atoms with Crippen LogP contribution in [0.1, 0.15) is 20.7 Å². The third kappa shape index (κ3) is 4.23. The summed E-state index contributed by atoms with van der Waals surface area (Å²) in [4.78, 5) is 24.1. The number of anilines is 1. The van der Waals surface area contributed by atoms with Crippen LogP contribution in [0.2, 0.25) is 0 Å². The highest BCUT2D eigenvalue weighted by Gasteiger charge is 2.14. The minimum atomic E-state index is -0.854. The van der Waals surface area contributed by atoms with Crippen molar-refractivity contribution in [1.29, 1.82) is 0 Å². The number of halogens is 2. The average molecular weight is 316 g/mol. The summed E-state index contributed by atoms with van der Waals surface area (Å²) in [6.45, 7) is 3.77. The lowest BCUT2D eigenvalue weighted by molar-refractivity contribution is 0.0959. The molecule has 0 fully saturated rings. The van der Waals surface area contributed by atoms with Gasteiger partial charge in [0.15, 0.2) is 0 Å². The summed E-state index contributed by atoms with van der Waals surface area (Å²) in [7, 11) is 0. The molecule has 0 atom stereocenters. The fourth-order valence-electron chi connectivity index (χ4n) is 1.93. The van der Waals surface area contributed by atoms with Gasteiger partial charge in [0.1, 0.15) is 11.6 Å². The smallest absolute Gasteiger partial charge is 0.255 e. The molecular weight excluding hydrogens is 302 g/mol. The second-order valence-corrected chi connectivity index (χ2v) is 4.66. The van der Waals surface area contributed by atoms with Gasteiger partial charge in [-0.2, -0.15) is 0 Å². The highest BCUT2D eigenvalue weighted by atomic mass is 19.1. The zero-order valence-electron chi connectivity index (χ0n) is 12.1. The summed E-state index contributed by atoms with van der Waals surface area (Å²) in [5, 5.41) is 5.07. The van der Waals surface area contributed by atoms with Crippen molar-refractivity contribution in [2.75, 3.05) is 11.9 Å². The van der Waals surface area contributed by atoms with E-state index in [9.17, 15) is 18.4 Å². The predicted octanol–water partition coefficient (Wildman–Crippen LogP) is 3.13. The zero-order valence-corrected chi connectivity index (χ0v) is 12.1. The number of benzene rings is 2. The normalized spacial score (nSPS) is 10.0. The van der Waals surface area contributed by atoms with Crippen molar-refractivity contribution >= 4 is 17.5 Å². The van der Waals surface area contributed by atoms with E-state index in [1.54, 1.807) is 12.1 Å². The number of amides is 2. The second kappa shape index (κ2) is 7.31. The van der Waals surface area contributed by atoms with Gasteiger partial charge in [-0.15, -0.1) is 6.58 Å². The van der Waals surface area contributed by atoms with E-state index in [1.165, 1.54) is 18.2 Å². The van der Waals surface area contributed by atoms with Crippen LogP contribution in [-0.4, -0.2) is 18.4 Å². The minimum Gasteiger partial charge on any atom is -0.349 e. The van der Waals surface area contributed by atoms with E-state index in [2.05, 4.69) is 17.2 Å². The number of para-hydroxylation sites is 1. The van der Waals surface area contributed by atoms with Gasteiger partial charge in [0.2, 0.25) is 0 Å². The Morgan fingerprint density at radius 3 is 2.35 bits per heavy atom. The van der Waals surface area contributed by atoms with Crippen LogP contribution in [0.15, 0.2) is 55.1 Å². The van der Waals surface area contributed by atoms with E-state index < -0.39 is 23.4 Å². The van der Waals surface area contributed by atoms with E-state index in [4.69, 9.17) is 0 Å². The van der Waals surface area contributed by atoms with Crippen LogP contribution in [0.25, 0.3) is 0 Å². The topological polar surface area (TPSA) is 58.2 Å². The summed E-state index contributed by atoms with van der Waals surface area (Å²) in [6, 6.07) is 8.83. The Kier molecular flexibility index (Phi) is 5.19. The fraction of sp³-hybridized carbons (Fsp3) is 0.0588. The molecule has 0 heterocycles. The molecule has 118 valence electrons. The lowest BCUT2D eigenvalue weighted by Crippen LogP contribution is -2.25. The maximum Gasteiger partial charge on any atom is 0.255 e. The molecule has 2 amide bonds. The first kappa shape index (κ1) is 16.4. The van der Waals surface area contributed by atoms with Crippen molar-refractivity contribution in [3.63, 3.8) is 0 Å². The van der Waals surface area contributed by atoms with Crippen LogP contribution >= 0.6 is 0 Å². The lowest BCUT2D eigenvalue weighted by atomic mass is 10.1. The van der Waals surface area contributed by atoms with Crippen molar-refractivity contribution < 1.29 is 18.4 Å². The molecule has 2 aromatic rings. The molecule has 0 bridgehead atoms. The Bertz CT molecular complexity index is 740. The predicted molar refractivity (Wildman–Crippen MR) is 83.3 cm³/mol. The standard InChI is InChI=1S/C17H14F2N2O2/c1-2-7-20-17(23)14-5-3-4-6-15(14)21-16(22)11-8-12(18)10-13(19)9-11/h2-6,8-10H,1,7H2,(H,20,23)(H,21,22). The minimum absolute atomic E-state index is 0.177. The number of carbonyl (C=O) groups excluding carboxylic acids is 2. The van der Waals surface area contributed by atoms with Crippen molar-refractivity contribution in [3.8, 4) is 0 Å². The van der Waals surface area contributed by atoms with Crippen LogP contribution in [0.3, 0.4) is 0 Å². The Hall–Kier alpha value is -3.02. The zero-order chi connectivity index (χ0) is 16.8. The Balaban J connectivity index is 2.24. The van der Waals surface area contributed by atoms with Crippen molar-refractivity contribution in [2.24, 2.45) is 0 Å². The van der Waals surface area contributed by atoms with Crippen LogP contribution in [0.5, 0.6) is 0 Å². The number of hydrogen-bond donors (Lipinski definition) is 2. The van der Waals surface area contributed by atoms with E-state index >= 15 is 0 Å². The molecular formula is C17H14F2N2O2. The molecule has 0 aliphatic heterocycles. The average Bonchev–Trinajstić information content (AvgIpc) is 2.52. The second-order valence-electron chi connectivity index (χ2n) is 4.66. The first-order valence-corrected chi connectivity index (χ1v) is 6.77. The quantitative estimate of drug-likeness (QED) is 0.833. The first-order chi connectivity index (χ1) is 11.0. The summed E-state index contributed by atoms with van der Waals surface area (Å²) in [5.74, 6) is -2.82. The summed E-state index contributed by atoms with van der Waals surface area (Å²) < 4.78 is 26.4. The van der Waals surface area contributed by atoms with E-state index in [-0.39, 0.29) is 23.4 Å². The van der Waals surface area contributed by atoms with E-state index in [1.807, 2.05) is 0 Å². The van der Waals surface area contributed by atoms with Crippen molar-refractivity contribution in [3.05, 3.63) is 77.9 Å². The maximum atomic E-state index is 13.2.